The van der Waals surface area contributed by atoms with Gasteiger partial charge in [-0.1, -0.05) is 30.3 Å². The molecule has 0 fully saturated rings. The average Bonchev–Trinajstić information content (AvgIpc) is 2.47. The molecule has 0 amide bonds. The molecule has 0 saturated carbocycles. The fraction of sp³-hybridized carbons (Fsp3) is 0.375. The Labute approximate surface area is 120 Å². The second kappa shape index (κ2) is 7.01. The first-order chi connectivity index (χ1) is 9.66. The SMILES string of the molecule is CC(c1nccc(N)n1)N(C)CCCc1ccccc1. The van der Waals surface area contributed by atoms with Gasteiger partial charge in [-0.15, -0.1) is 0 Å². The highest BCUT2D eigenvalue weighted by molar-refractivity contribution is 5.25. The summed E-state index contributed by atoms with van der Waals surface area (Å²) in [6, 6.07) is 12.5. The standard InChI is InChI=1S/C16H22N4/c1-13(16-18-11-10-15(17)19-16)20(2)12-6-9-14-7-4-3-5-8-14/h3-5,7-8,10-11,13H,6,9,12H2,1-2H3,(H2,17,18,19). The molecule has 1 atom stereocenters. The molecule has 2 aromatic rings. The van der Waals surface area contributed by atoms with Gasteiger partial charge in [-0.05, 0) is 45.0 Å². The molecular formula is C16H22N4. The van der Waals surface area contributed by atoms with E-state index in [1.165, 1.54) is 5.56 Å². The van der Waals surface area contributed by atoms with Crippen LogP contribution in [0.5, 0.6) is 0 Å². The van der Waals surface area contributed by atoms with Crippen LogP contribution in [-0.4, -0.2) is 28.5 Å². The molecule has 106 valence electrons. The van der Waals surface area contributed by atoms with E-state index >= 15 is 0 Å². The lowest BCUT2D eigenvalue weighted by molar-refractivity contribution is 0.249. The third-order valence-corrected chi connectivity index (χ3v) is 3.55. The molecule has 0 aliphatic carbocycles. The first-order valence-corrected chi connectivity index (χ1v) is 6.99. The molecule has 1 heterocycles. The van der Waals surface area contributed by atoms with E-state index in [1.807, 2.05) is 0 Å². The van der Waals surface area contributed by atoms with Crippen molar-refractivity contribution < 1.29 is 0 Å². The van der Waals surface area contributed by atoms with Gasteiger partial charge in [0.05, 0.1) is 6.04 Å². The maximum Gasteiger partial charge on any atom is 0.147 e. The van der Waals surface area contributed by atoms with Gasteiger partial charge in [0.2, 0.25) is 0 Å². The van der Waals surface area contributed by atoms with Crippen molar-refractivity contribution in [2.24, 2.45) is 0 Å². The van der Waals surface area contributed by atoms with Crippen LogP contribution in [0, 0.1) is 0 Å². The van der Waals surface area contributed by atoms with E-state index in [0.717, 1.165) is 25.2 Å². The molecule has 1 aromatic heterocycles. The van der Waals surface area contributed by atoms with Gasteiger partial charge in [0, 0.05) is 6.20 Å². The van der Waals surface area contributed by atoms with Crippen LogP contribution in [0.3, 0.4) is 0 Å². The lowest BCUT2D eigenvalue weighted by Crippen LogP contribution is -2.25. The number of hydrogen-bond acceptors (Lipinski definition) is 4. The van der Waals surface area contributed by atoms with E-state index in [-0.39, 0.29) is 6.04 Å². The number of rotatable bonds is 6. The number of nitrogens with two attached hydrogens (primary N) is 1. The Kier molecular flexibility index (Phi) is 5.07. The quantitative estimate of drug-likeness (QED) is 0.877. The summed E-state index contributed by atoms with van der Waals surface area (Å²) in [4.78, 5) is 10.8. The van der Waals surface area contributed by atoms with E-state index in [0.29, 0.717) is 5.82 Å². The van der Waals surface area contributed by atoms with E-state index in [2.05, 4.69) is 59.2 Å². The highest BCUT2D eigenvalue weighted by atomic mass is 15.2. The number of hydrogen-bond donors (Lipinski definition) is 1. The monoisotopic (exact) mass is 270 g/mol. The van der Waals surface area contributed by atoms with Gasteiger partial charge in [-0.25, -0.2) is 9.97 Å². The van der Waals surface area contributed by atoms with Crippen molar-refractivity contribution in [1.29, 1.82) is 0 Å². The smallest absolute Gasteiger partial charge is 0.147 e. The first-order valence-electron chi connectivity index (χ1n) is 6.99. The molecule has 0 spiro atoms. The minimum absolute atomic E-state index is 0.175. The Balaban J connectivity index is 1.84. The van der Waals surface area contributed by atoms with Gasteiger partial charge < -0.3 is 5.73 Å². The zero-order valence-corrected chi connectivity index (χ0v) is 12.2. The Hall–Kier alpha value is -1.94. The minimum atomic E-state index is 0.175. The second-order valence-corrected chi connectivity index (χ2v) is 5.09. The summed E-state index contributed by atoms with van der Waals surface area (Å²) < 4.78 is 0. The van der Waals surface area contributed by atoms with Crippen molar-refractivity contribution in [3.8, 4) is 0 Å². The molecule has 1 unspecified atom stereocenters. The van der Waals surface area contributed by atoms with E-state index < -0.39 is 0 Å². The van der Waals surface area contributed by atoms with Crippen LogP contribution in [0.4, 0.5) is 5.82 Å². The molecule has 1 aromatic carbocycles. The number of nitrogens with zero attached hydrogens (tertiary/aromatic N) is 3. The fourth-order valence-corrected chi connectivity index (χ4v) is 2.16. The normalized spacial score (nSPS) is 12.6. The summed E-state index contributed by atoms with van der Waals surface area (Å²) >= 11 is 0. The summed E-state index contributed by atoms with van der Waals surface area (Å²) in [5, 5.41) is 0. The Bertz CT molecular complexity index is 527. The van der Waals surface area contributed by atoms with Crippen molar-refractivity contribution in [2.45, 2.75) is 25.8 Å². The van der Waals surface area contributed by atoms with Gasteiger partial charge in [-0.2, -0.15) is 0 Å². The first kappa shape index (κ1) is 14.5. The maximum absolute atomic E-state index is 5.70. The van der Waals surface area contributed by atoms with Crippen LogP contribution in [-0.2, 0) is 6.42 Å². The Morgan fingerprint density at radius 1 is 1.20 bits per heavy atom. The maximum atomic E-state index is 5.70. The van der Waals surface area contributed by atoms with Crippen molar-refractivity contribution in [3.63, 3.8) is 0 Å². The van der Waals surface area contributed by atoms with Gasteiger partial charge in [0.15, 0.2) is 0 Å². The Morgan fingerprint density at radius 3 is 2.65 bits per heavy atom. The van der Waals surface area contributed by atoms with Crippen LogP contribution >= 0.6 is 0 Å². The predicted molar refractivity (Wildman–Crippen MR) is 82.3 cm³/mol. The number of aromatic nitrogens is 2. The third-order valence-electron chi connectivity index (χ3n) is 3.55. The molecule has 2 N–H and O–H groups in total. The van der Waals surface area contributed by atoms with Crippen LogP contribution in [0.15, 0.2) is 42.6 Å². The summed E-state index contributed by atoms with van der Waals surface area (Å²) in [7, 11) is 2.10. The van der Waals surface area contributed by atoms with E-state index in [1.54, 1.807) is 12.3 Å². The highest BCUT2D eigenvalue weighted by Crippen LogP contribution is 2.15. The largest absolute Gasteiger partial charge is 0.384 e. The van der Waals surface area contributed by atoms with Crippen molar-refractivity contribution >= 4 is 5.82 Å². The van der Waals surface area contributed by atoms with Crippen LogP contribution in [0.25, 0.3) is 0 Å². The zero-order valence-electron chi connectivity index (χ0n) is 12.2. The summed E-state index contributed by atoms with van der Waals surface area (Å²) in [6.07, 6.45) is 3.93. The lowest BCUT2D eigenvalue weighted by Gasteiger charge is -2.23. The molecule has 0 radical (unpaired) electrons. The van der Waals surface area contributed by atoms with E-state index in [9.17, 15) is 0 Å². The summed E-state index contributed by atoms with van der Waals surface area (Å²) in [5.41, 5.74) is 7.09. The number of nitrogen functional groups attached to an aromatic ring is 1. The Morgan fingerprint density at radius 2 is 1.95 bits per heavy atom. The minimum Gasteiger partial charge on any atom is -0.384 e. The highest BCUT2D eigenvalue weighted by Gasteiger charge is 2.14. The van der Waals surface area contributed by atoms with Crippen molar-refractivity contribution in [3.05, 3.63) is 54.0 Å². The molecule has 4 heteroatoms. The molecule has 0 aliphatic rings. The predicted octanol–water partition coefficient (Wildman–Crippen LogP) is 2.68. The number of aryl methyl sites for hydroxylation is 1. The molecule has 0 saturated heterocycles. The van der Waals surface area contributed by atoms with Gasteiger partial charge in [0.25, 0.3) is 0 Å². The second-order valence-electron chi connectivity index (χ2n) is 5.09. The van der Waals surface area contributed by atoms with Crippen molar-refractivity contribution in [2.75, 3.05) is 19.3 Å². The third kappa shape index (κ3) is 4.03. The van der Waals surface area contributed by atoms with Crippen molar-refractivity contribution in [1.82, 2.24) is 14.9 Å². The molecule has 2 rings (SSSR count). The van der Waals surface area contributed by atoms with Crippen LogP contribution < -0.4 is 5.73 Å². The van der Waals surface area contributed by atoms with Crippen LogP contribution in [0.1, 0.15) is 30.8 Å². The molecule has 20 heavy (non-hydrogen) atoms. The van der Waals surface area contributed by atoms with E-state index in [4.69, 9.17) is 5.73 Å². The fourth-order valence-electron chi connectivity index (χ4n) is 2.16. The van der Waals surface area contributed by atoms with Gasteiger partial charge >= 0.3 is 0 Å². The molecule has 4 nitrogen and oxygen atoms in total. The van der Waals surface area contributed by atoms with Gasteiger partial charge in [-0.3, -0.25) is 4.90 Å². The lowest BCUT2D eigenvalue weighted by atomic mass is 10.1. The topological polar surface area (TPSA) is 55.0 Å². The molecule has 0 aliphatic heterocycles. The molecule has 0 bridgehead atoms. The number of benzene rings is 1. The van der Waals surface area contributed by atoms with Gasteiger partial charge in [0.1, 0.15) is 11.6 Å². The summed E-state index contributed by atoms with van der Waals surface area (Å²) in [6.45, 7) is 3.12. The zero-order chi connectivity index (χ0) is 14.4. The molecular weight excluding hydrogens is 248 g/mol. The average molecular weight is 270 g/mol. The number of anilines is 1. The van der Waals surface area contributed by atoms with Crippen LogP contribution in [0.2, 0.25) is 0 Å². The summed E-state index contributed by atoms with van der Waals surface area (Å²) in [5.74, 6) is 1.31.